The number of ketones is 1. The topological polar surface area (TPSA) is 116 Å². The molecule has 7 rings (SSSR count). The first kappa shape index (κ1) is 27.3. The second-order valence-corrected chi connectivity index (χ2v) is 12.2. The van der Waals surface area contributed by atoms with Gasteiger partial charge in [0.25, 0.3) is 5.91 Å². The maximum Gasteiger partial charge on any atom is 0.268 e. The quantitative estimate of drug-likeness (QED) is 0.231. The van der Waals surface area contributed by atoms with E-state index >= 15 is 0 Å². The number of aromatic nitrogens is 1. The molecule has 1 aliphatic heterocycles. The molecule has 2 atom stereocenters. The Hall–Kier alpha value is -4.50. The van der Waals surface area contributed by atoms with Crippen LogP contribution in [0.25, 0.3) is 10.9 Å². The molecular weight excluding hydrogens is 544 g/mol. The summed E-state index contributed by atoms with van der Waals surface area (Å²) in [6, 6.07) is 15.2. The fourth-order valence-electron chi connectivity index (χ4n) is 7.41. The van der Waals surface area contributed by atoms with Crippen molar-refractivity contribution >= 4 is 34.4 Å². The number of aromatic amines is 1. The van der Waals surface area contributed by atoms with E-state index < -0.39 is 11.3 Å². The third-order valence-electron chi connectivity index (χ3n) is 9.41. The van der Waals surface area contributed by atoms with Gasteiger partial charge in [0.2, 0.25) is 11.8 Å². The Morgan fingerprint density at radius 3 is 2.77 bits per heavy atom. The predicted molar refractivity (Wildman–Crippen MR) is 160 cm³/mol. The molecule has 2 aromatic heterocycles. The molecule has 2 aliphatic carbocycles. The summed E-state index contributed by atoms with van der Waals surface area (Å²) in [5, 5.41) is 3.88. The molecule has 0 bridgehead atoms. The van der Waals surface area contributed by atoms with E-state index in [0.29, 0.717) is 36.3 Å². The summed E-state index contributed by atoms with van der Waals surface area (Å²) >= 11 is 0. The number of likely N-dealkylation sites (tertiary alicyclic amines) is 1. The van der Waals surface area contributed by atoms with Gasteiger partial charge in [-0.1, -0.05) is 24.3 Å². The smallest absolute Gasteiger partial charge is 0.268 e. The van der Waals surface area contributed by atoms with Crippen LogP contribution in [0, 0.1) is 5.92 Å². The average molecular weight is 579 g/mol. The molecule has 2 N–H and O–H groups in total. The summed E-state index contributed by atoms with van der Waals surface area (Å²) in [6.07, 6.45) is 4.83. The number of nitrogens with zero attached hydrogens (tertiary/aromatic N) is 2. The van der Waals surface area contributed by atoms with Crippen LogP contribution in [0.3, 0.4) is 0 Å². The first-order chi connectivity index (χ1) is 20.8. The van der Waals surface area contributed by atoms with Crippen molar-refractivity contribution in [3.05, 3.63) is 94.1 Å². The van der Waals surface area contributed by atoms with E-state index in [1.807, 2.05) is 50.5 Å². The number of rotatable bonds is 9. The SMILES string of the molecule is CN(C)CCc1c(C(=O)NCc2ccco2)[nH]c2ccc(CCN3C(=O)C4C(=O)c5cccc6c5C4(CCC6)C3=O)cc12. The number of benzene rings is 2. The van der Waals surface area contributed by atoms with Gasteiger partial charge in [-0.25, -0.2) is 0 Å². The largest absolute Gasteiger partial charge is 0.467 e. The molecule has 1 saturated heterocycles. The molecule has 1 spiro atoms. The number of H-pyrrole nitrogens is 1. The summed E-state index contributed by atoms with van der Waals surface area (Å²) in [4.78, 5) is 61.0. The number of hydrogen-bond acceptors (Lipinski definition) is 6. The first-order valence-electron chi connectivity index (χ1n) is 14.9. The van der Waals surface area contributed by atoms with Crippen LogP contribution < -0.4 is 5.32 Å². The predicted octanol–water partition coefficient (Wildman–Crippen LogP) is 3.79. The van der Waals surface area contributed by atoms with Crippen molar-refractivity contribution in [2.75, 3.05) is 27.2 Å². The average Bonchev–Trinajstić information content (AvgIpc) is 3.75. The number of fused-ring (bicyclic) bond motifs is 1. The van der Waals surface area contributed by atoms with Crippen molar-refractivity contribution in [1.82, 2.24) is 20.1 Å². The summed E-state index contributed by atoms with van der Waals surface area (Å²) in [6.45, 7) is 1.25. The minimum atomic E-state index is -1.04. The van der Waals surface area contributed by atoms with Crippen LogP contribution in [0.4, 0.5) is 0 Å². The van der Waals surface area contributed by atoms with E-state index in [1.54, 1.807) is 18.4 Å². The van der Waals surface area contributed by atoms with Gasteiger partial charge < -0.3 is 19.6 Å². The molecule has 1 fully saturated rings. The number of aryl methyl sites for hydroxylation is 1. The van der Waals surface area contributed by atoms with Gasteiger partial charge in [-0.15, -0.1) is 0 Å². The zero-order valence-corrected chi connectivity index (χ0v) is 24.4. The lowest BCUT2D eigenvalue weighted by molar-refractivity contribution is -0.140. The van der Waals surface area contributed by atoms with Crippen molar-refractivity contribution in [1.29, 1.82) is 0 Å². The third-order valence-corrected chi connectivity index (χ3v) is 9.41. The van der Waals surface area contributed by atoms with Crippen LogP contribution >= 0.6 is 0 Å². The Balaban J connectivity index is 1.15. The number of carbonyl (C=O) groups is 4. The van der Waals surface area contributed by atoms with Crippen molar-refractivity contribution in [2.24, 2.45) is 5.92 Å². The number of nitrogens with one attached hydrogen (secondary N) is 2. The number of furan rings is 1. The highest BCUT2D eigenvalue weighted by atomic mass is 16.3. The Morgan fingerprint density at radius 1 is 1.12 bits per heavy atom. The Bertz CT molecular complexity index is 1790. The molecule has 43 heavy (non-hydrogen) atoms. The fourth-order valence-corrected chi connectivity index (χ4v) is 7.41. The molecule has 3 aliphatic rings. The molecule has 0 radical (unpaired) electrons. The van der Waals surface area contributed by atoms with E-state index in [9.17, 15) is 19.2 Å². The Kier molecular flexibility index (Phi) is 6.58. The zero-order chi connectivity index (χ0) is 29.9. The first-order valence-corrected chi connectivity index (χ1v) is 14.9. The van der Waals surface area contributed by atoms with Gasteiger partial charge >= 0.3 is 0 Å². The minimum Gasteiger partial charge on any atom is -0.467 e. The standard InChI is InChI=1S/C34H34N4O5/c1-37(2)15-13-23-25-18-20(10-11-26(25)36-29(23)31(40)35-19-22-8-5-17-43-22)12-16-38-32(41)28-30(39)24-9-3-6-21-7-4-14-34(28,27(21)24)33(38)42/h3,5-6,8-11,17-18,28,36H,4,7,12-16,19H2,1-2H3,(H,35,40). The molecule has 2 aromatic carbocycles. The number of amides is 3. The molecule has 3 amide bonds. The molecule has 2 unspecified atom stereocenters. The van der Waals surface area contributed by atoms with Crippen molar-refractivity contribution in [3.8, 4) is 0 Å². The van der Waals surface area contributed by atoms with E-state index in [0.717, 1.165) is 52.5 Å². The van der Waals surface area contributed by atoms with Crippen molar-refractivity contribution in [2.45, 2.75) is 44.1 Å². The number of likely N-dealkylation sites (N-methyl/N-ethyl adjacent to an activating group) is 1. The number of carbonyl (C=O) groups excluding carboxylic acids is 4. The number of imide groups is 1. The second kappa shape index (κ2) is 10.3. The lowest BCUT2D eigenvalue weighted by Gasteiger charge is -2.32. The Morgan fingerprint density at radius 2 is 1.98 bits per heavy atom. The third kappa shape index (κ3) is 4.25. The highest BCUT2D eigenvalue weighted by Gasteiger charge is 2.68. The molecule has 9 heteroatoms. The number of Topliss-reactive ketones (excluding diaryl/α,β-unsaturated/α-hetero) is 1. The van der Waals surface area contributed by atoms with Gasteiger partial charge in [0, 0.05) is 29.6 Å². The van der Waals surface area contributed by atoms with Gasteiger partial charge in [-0.3, -0.25) is 24.1 Å². The maximum absolute atomic E-state index is 14.0. The Labute approximate surface area is 249 Å². The monoisotopic (exact) mass is 578 g/mol. The summed E-state index contributed by atoms with van der Waals surface area (Å²) in [5.74, 6) is -1.29. The van der Waals surface area contributed by atoms with Crippen molar-refractivity contribution in [3.63, 3.8) is 0 Å². The summed E-state index contributed by atoms with van der Waals surface area (Å²) < 4.78 is 5.36. The zero-order valence-electron chi connectivity index (χ0n) is 24.4. The van der Waals surface area contributed by atoms with E-state index in [-0.39, 0.29) is 36.6 Å². The lowest BCUT2D eigenvalue weighted by atomic mass is 9.67. The van der Waals surface area contributed by atoms with Gasteiger partial charge in [-0.05, 0) is 92.7 Å². The van der Waals surface area contributed by atoms with Gasteiger partial charge in [-0.2, -0.15) is 0 Å². The van der Waals surface area contributed by atoms with Crippen molar-refractivity contribution < 1.29 is 23.6 Å². The molecule has 9 nitrogen and oxygen atoms in total. The van der Waals surface area contributed by atoms with Gasteiger partial charge in [0.15, 0.2) is 5.78 Å². The van der Waals surface area contributed by atoms with Crippen LogP contribution in [0.5, 0.6) is 0 Å². The van der Waals surface area contributed by atoms with Gasteiger partial charge in [0.1, 0.15) is 17.4 Å². The fraction of sp³-hybridized carbons (Fsp3) is 0.353. The number of hydrogen-bond donors (Lipinski definition) is 2. The molecule has 220 valence electrons. The van der Waals surface area contributed by atoms with E-state index in [1.165, 1.54) is 4.90 Å². The minimum absolute atomic E-state index is 0.208. The molecule has 3 heterocycles. The summed E-state index contributed by atoms with van der Waals surface area (Å²) in [7, 11) is 3.99. The maximum atomic E-state index is 14.0. The summed E-state index contributed by atoms with van der Waals surface area (Å²) in [5.41, 5.74) is 4.56. The molecule has 4 aromatic rings. The highest BCUT2D eigenvalue weighted by Crippen LogP contribution is 2.55. The van der Waals surface area contributed by atoms with E-state index in [2.05, 4.69) is 15.2 Å². The normalized spacial score (nSPS) is 20.8. The second-order valence-electron chi connectivity index (χ2n) is 12.2. The highest BCUT2D eigenvalue weighted by molar-refractivity contribution is 6.27. The van der Waals surface area contributed by atoms with Crippen LogP contribution in [0.1, 0.15) is 61.7 Å². The van der Waals surface area contributed by atoms with Crippen LogP contribution in [-0.2, 0) is 40.8 Å². The molecular formula is C34H34N4O5. The van der Waals surface area contributed by atoms with Crippen LogP contribution in [0.2, 0.25) is 0 Å². The van der Waals surface area contributed by atoms with Crippen LogP contribution in [0.15, 0.2) is 59.2 Å². The van der Waals surface area contributed by atoms with E-state index in [4.69, 9.17) is 4.42 Å². The lowest BCUT2D eigenvalue weighted by Crippen LogP contribution is -2.42. The van der Waals surface area contributed by atoms with Gasteiger partial charge in [0.05, 0.1) is 18.2 Å². The van der Waals surface area contributed by atoms with Crippen LogP contribution in [-0.4, -0.2) is 65.5 Å². The molecule has 0 saturated carbocycles.